The Morgan fingerprint density at radius 2 is 2.14 bits per heavy atom. The van der Waals surface area contributed by atoms with Crippen molar-refractivity contribution in [3.63, 3.8) is 0 Å². The molecular formula is C16H22N2O2S. The zero-order valence-corrected chi connectivity index (χ0v) is 13.6. The van der Waals surface area contributed by atoms with Crippen LogP contribution in [0.3, 0.4) is 0 Å². The van der Waals surface area contributed by atoms with E-state index < -0.39 is 5.41 Å². The highest BCUT2D eigenvalue weighted by molar-refractivity contribution is 7.18. The molecule has 2 aromatic rings. The van der Waals surface area contributed by atoms with Gasteiger partial charge in [0.2, 0.25) is 0 Å². The Kier molecular flexibility index (Phi) is 4.96. The van der Waals surface area contributed by atoms with Gasteiger partial charge in [0.05, 0.1) is 27.2 Å². The maximum absolute atomic E-state index is 12.4. The van der Waals surface area contributed by atoms with E-state index in [1.165, 1.54) is 0 Å². The summed E-state index contributed by atoms with van der Waals surface area (Å²) in [6.45, 7) is 6.47. The Morgan fingerprint density at radius 3 is 2.71 bits per heavy atom. The van der Waals surface area contributed by atoms with Crippen molar-refractivity contribution in [2.75, 3.05) is 13.2 Å². The van der Waals surface area contributed by atoms with Gasteiger partial charge >= 0.3 is 5.97 Å². The SMILES string of the molecule is CCOC(=O)C(CN)(Cc1nc2ccccc2s1)C(C)C. The van der Waals surface area contributed by atoms with Crippen molar-refractivity contribution in [1.82, 2.24) is 4.98 Å². The van der Waals surface area contributed by atoms with Crippen molar-refractivity contribution >= 4 is 27.5 Å². The molecule has 0 aliphatic rings. The number of thiazole rings is 1. The number of nitrogens with two attached hydrogens (primary N) is 1. The quantitative estimate of drug-likeness (QED) is 0.833. The van der Waals surface area contributed by atoms with Crippen LogP contribution in [0.4, 0.5) is 0 Å². The minimum atomic E-state index is -0.704. The molecule has 5 heteroatoms. The highest BCUT2D eigenvalue weighted by Gasteiger charge is 2.42. The van der Waals surface area contributed by atoms with Gasteiger partial charge in [-0.2, -0.15) is 0 Å². The molecule has 1 unspecified atom stereocenters. The van der Waals surface area contributed by atoms with E-state index in [-0.39, 0.29) is 18.4 Å². The van der Waals surface area contributed by atoms with Crippen LogP contribution < -0.4 is 5.73 Å². The normalized spacial score (nSPS) is 14.3. The van der Waals surface area contributed by atoms with Crippen LogP contribution in [0.5, 0.6) is 0 Å². The molecule has 0 bridgehead atoms. The molecule has 1 aromatic carbocycles. The van der Waals surface area contributed by atoms with Crippen molar-refractivity contribution in [2.24, 2.45) is 17.1 Å². The van der Waals surface area contributed by atoms with Gasteiger partial charge in [-0.25, -0.2) is 4.98 Å². The number of ether oxygens (including phenoxy) is 1. The van der Waals surface area contributed by atoms with Crippen LogP contribution in [0.15, 0.2) is 24.3 Å². The van der Waals surface area contributed by atoms with Crippen molar-refractivity contribution in [3.05, 3.63) is 29.3 Å². The molecule has 1 aromatic heterocycles. The third-order valence-electron chi connectivity index (χ3n) is 3.96. The van der Waals surface area contributed by atoms with Gasteiger partial charge in [-0.15, -0.1) is 11.3 Å². The molecule has 1 atom stereocenters. The van der Waals surface area contributed by atoms with Gasteiger partial charge in [0.25, 0.3) is 0 Å². The van der Waals surface area contributed by atoms with Crippen LogP contribution in [-0.2, 0) is 16.0 Å². The third kappa shape index (κ3) is 3.09. The number of fused-ring (bicyclic) bond motifs is 1. The van der Waals surface area contributed by atoms with Crippen molar-refractivity contribution < 1.29 is 9.53 Å². The molecule has 0 saturated carbocycles. The van der Waals surface area contributed by atoms with Gasteiger partial charge < -0.3 is 10.5 Å². The summed E-state index contributed by atoms with van der Waals surface area (Å²) in [5, 5.41) is 0.934. The van der Waals surface area contributed by atoms with E-state index >= 15 is 0 Å². The second-order valence-corrected chi connectivity index (χ2v) is 6.60. The summed E-state index contributed by atoms with van der Waals surface area (Å²) in [6, 6.07) is 7.99. The predicted molar refractivity (Wildman–Crippen MR) is 86.3 cm³/mol. The minimum Gasteiger partial charge on any atom is -0.466 e. The first kappa shape index (κ1) is 15.9. The van der Waals surface area contributed by atoms with Crippen LogP contribution in [0.1, 0.15) is 25.8 Å². The molecule has 0 radical (unpaired) electrons. The van der Waals surface area contributed by atoms with E-state index in [1.54, 1.807) is 11.3 Å². The zero-order chi connectivity index (χ0) is 15.5. The lowest BCUT2D eigenvalue weighted by Crippen LogP contribution is -2.46. The van der Waals surface area contributed by atoms with Crippen molar-refractivity contribution in [2.45, 2.75) is 27.2 Å². The molecule has 0 spiro atoms. The highest BCUT2D eigenvalue weighted by atomic mass is 32.1. The fourth-order valence-electron chi connectivity index (χ4n) is 2.44. The standard InChI is InChI=1S/C16H22N2O2S/c1-4-20-15(19)16(10-17,11(2)3)9-14-18-12-7-5-6-8-13(12)21-14/h5-8,11H,4,9-10,17H2,1-3H3. The number of rotatable bonds is 6. The lowest BCUT2D eigenvalue weighted by Gasteiger charge is -2.33. The van der Waals surface area contributed by atoms with Gasteiger partial charge in [0.1, 0.15) is 0 Å². The van der Waals surface area contributed by atoms with E-state index in [0.29, 0.717) is 13.0 Å². The average Bonchev–Trinajstić information content (AvgIpc) is 2.86. The van der Waals surface area contributed by atoms with Crippen LogP contribution >= 0.6 is 11.3 Å². The molecule has 0 amide bonds. The number of carbonyl (C=O) groups excluding carboxylic acids is 1. The first-order chi connectivity index (χ1) is 10.0. The molecule has 0 fully saturated rings. The Bertz CT molecular complexity index is 591. The summed E-state index contributed by atoms with van der Waals surface area (Å²) in [7, 11) is 0. The highest BCUT2D eigenvalue weighted by Crippen LogP contribution is 2.35. The fourth-order valence-corrected chi connectivity index (χ4v) is 3.54. The first-order valence-electron chi connectivity index (χ1n) is 7.25. The number of para-hydroxylation sites is 1. The largest absolute Gasteiger partial charge is 0.466 e. The van der Waals surface area contributed by atoms with Gasteiger partial charge in [-0.05, 0) is 25.0 Å². The molecule has 21 heavy (non-hydrogen) atoms. The topological polar surface area (TPSA) is 65.2 Å². The predicted octanol–water partition coefficient (Wildman–Crippen LogP) is 3.00. The summed E-state index contributed by atoms with van der Waals surface area (Å²) >= 11 is 1.62. The first-order valence-corrected chi connectivity index (χ1v) is 8.07. The number of benzene rings is 1. The molecule has 1 heterocycles. The summed E-state index contributed by atoms with van der Waals surface area (Å²) < 4.78 is 6.39. The Hall–Kier alpha value is -1.46. The maximum atomic E-state index is 12.4. The fraction of sp³-hybridized carbons (Fsp3) is 0.500. The summed E-state index contributed by atoms with van der Waals surface area (Å²) in [5.41, 5.74) is 6.22. The van der Waals surface area contributed by atoms with E-state index in [2.05, 4.69) is 4.98 Å². The minimum absolute atomic E-state index is 0.0913. The lowest BCUT2D eigenvalue weighted by atomic mass is 9.74. The molecule has 0 aliphatic carbocycles. The van der Waals surface area contributed by atoms with Gasteiger partial charge in [-0.3, -0.25) is 4.79 Å². The van der Waals surface area contributed by atoms with Gasteiger partial charge in [0, 0.05) is 13.0 Å². The monoisotopic (exact) mass is 306 g/mol. The molecule has 0 aliphatic heterocycles. The van der Waals surface area contributed by atoms with E-state index in [4.69, 9.17) is 10.5 Å². The lowest BCUT2D eigenvalue weighted by molar-refractivity contribution is -0.157. The van der Waals surface area contributed by atoms with Crippen molar-refractivity contribution in [1.29, 1.82) is 0 Å². The molecule has 0 saturated heterocycles. The summed E-state index contributed by atoms with van der Waals surface area (Å²) in [5.74, 6) is -0.129. The average molecular weight is 306 g/mol. The smallest absolute Gasteiger partial charge is 0.314 e. The third-order valence-corrected chi connectivity index (χ3v) is 4.99. The molecule has 114 valence electrons. The Morgan fingerprint density at radius 1 is 1.43 bits per heavy atom. The van der Waals surface area contributed by atoms with Crippen LogP contribution in [0.2, 0.25) is 0 Å². The molecule has 2 rings (SSSR count). The van der Waals surface area contributed by atoms with Crippen LogP contribution in [-0.4, -0.2) is 24.1 Å². The van der Waals surface area contributed by atoms with Crippen molar-refractivity contribution in [3.8, 4) is 0 Å². The summed E-state index contributed by atoms with van der Waals surface area (Å²) in [4.78, 5) is 17.1. The van der Waals surface area contributed by atoms with E-state index in [1.807, 2.05) is 45.0 Å². The second-order valence-electron chi connectivity index (χ2n) is 5.49. The van der Waals surface area contributed by atoms with Gasteiger partial charge in [-0.1, -0.05) is 26.0 Å². The zero-order valence-electron chi connectivity index (χ0n) is 12.8. The maximum Gasteiger partial charge on any atom is 0.314 e. The molecule has 4 nitrogen and oxygen atoms in total. The van der Waals surface area contributed by atoms with E-state index in [9.17, 15) is 4.79 Å². The number of esters is 1. The second kappa shape index (κ2) is 6.54. The van der Waals surface area contributed by atoms with E-state index in [0.717, 1.165) is 15.2 Å². The Balaban J connectivity index is 2.35. The summed E-state index contributed by atoms with van der Waals surface area (Å²) in [6.07, 6.45) is 0.527. The number of carbonyl (C=O) groups is 1. The number of nitrogens with zero attached hydrogens (tertiary/aromatic N) is 1. The molecular weight excluding hydrogens is 284 g/mol. The van der Waals surface area contributed by atoms with Gasteiger partial charge in [0.15, 0.2) is 0 Å². The number of aromatic nitrogens is 1. The number of hydrogen-bond donors (Lipinski definition) is 1. The Labute approximate surface area is 129 Å². The van der Waals surface area contributed by atoms with Crippen LogP contribution in [0, 0.1) is 11.3 Å². The number of hydrogen-bond acceptors (Lipinski definition) is 5. The van der Waals surface area contributed by atoms with Crippen LogP contribution in [0.25, 0.3) is 10.2 Å². The molecule has 2 N–H and O–H groups in total.